The summed E-state index contributed by atoms with van der Waals surface area (Å²) in [5.74, 6) is 0. The summed E-state index contributed by atoms with van der Waals surface area (Å²) in [6.07, 6.45) is 2.27. The van der Waals surface area contributed by atoms with Gasteiger partial charge in [0.15, 0.2) is 18.0 Å². The van der Waals surface area contributed by atoms with E-state index in [1.807, 2.05) is 31.0 Å². The van der Waals surface area contributed by atoms with Crippen LogP contribution < -0.4 is 5.73 Å². The molecule has 0 unspecified atom stereocenters. The van der Waals surface area contributed by atoms with Crippen molar-refractivity contribution in [1.82, 2.24) is 24.4 Å². The Morgan fingerprint density at radius 1 is 1.40 bits per heavy atom. The molecule has 3 N–H and O–H groups in total. The van der Waals surface area contributed by atoms with Crippen LogP contribution in [-0.2, 0) is 4.74 Å². The molecule has 1 aliphatic rings. The van der Waals surface area contributed by atoms with Gasteiger partial charge in [-0.2, -0.15) is 0 Å². The molecule has 0 amide bonds. The maximum atomic E-state index is 14.7. The van der Waals surface area contributed by atoms with Crippen molar-refractivity contribution in [3.05, 3.63) is 30.5 Å². The lowest BCUT2D eigenvalue weighted by Crippen LogP contribution is -2.37. The van der Waals surface area contributed by atoms with Gasteiger partial charge in [0, 0.05) is 19.6 Å². The summed E-state index contributed by atoms with van der Waals surface area (Å²) < 4.78 is 22.0. The van der Waals surface area contributed by atoms with Crippen molar-refractivity contribution in [2.45, 2.75) is 31.5 Å². The lowest BCUT2D eigenvalue weighted by molar-refractivity contribution is -0.0330. The second-order valence-corrected chi connectivity index (χ2v) is 6.21. The number of imidazole rings is 1. The largest absolute Gasteiger partial charge is 0.387 e. The van der Waals surface area contributed by atoms with Gasteiger partial charge in [0.2, 0.25) is 0 Å². The minimum absolute atomic E-state index is 0.396. The standard InChI is InChI=1S/C16H23FN6O2/c1-10-13-15(20-8-19-10)23(9-21-13)16-12(17)14(24)11(25-16)7-22(2)6-4-3-5-18/h3-4,8-9,11-12,14,16,24H,5-7,18H2,1-2H3/b4-3+/t11-,12-,14+,16-/m1/s1. The van der Waals surface area contributed by atoms with E-state index >= 15 is 0 Å². The van der Waals surface area contributed by atoms with Gasteiger partial charge in [-0.3, -0.25) is 4.57 Å². The summed E-state index contributed by atoms with van der Waals surface area (Å²) in [4.78, 5) is 14.4. The normalized spacial score (nSPS) is 27.1. The predicted molar refractivity (Wildman–Crippen MR) is 90.6 cm³/mol. The zero-order valence-electron chi connectivity index (χ0n) is 14.3. The van der Waals surface area contributed by atoms with Gasteiger partial charge in [-0.15, -0.1) is 0 Å². The zero-order valence-corrected chi connectivity index (χ0v) is 14.3. The molecule has 2 aromatic heterocycles. The molecule has 0 spiro atoms. The molecule has 4 atom stereocenters. The number of aliphatic hydroxyl groups excluding tert-OH is 1. The van der Waals surface area contributed by atoms with Gasteiger partial charge in [0.05, 0.1) is 12.0 Å². The molecule has 1 fully saturated rings. The Kier molecular flexibility index (Phi) is 5.38. The fraction of sp³-hybridized carbons (Fsp3) is 0.562. The van der Waals surface area contributed by atoms with Gasteiger partial charge >= 0.3 is 0 Å². The van der Waals surface area contributed by atoms with Crippen molar-refractivity contribution in [2.75, 3.05) is 26.7 Å². The first-order chi connectivity index (χ1) is 12.0. The van der Waals surface area contributed by atoms with Gasteiger partial charge in [-0.05, 0) is 14.0 Å². The summed E-state index contributed by atoms with van der Waals surface area (Å²) >= 11 is 0. The third kappa shape index (κ3) is 3.54. The van der Waals surface area contributed by atoms with Crippen LogP contribution in [0.4, 0.5) is 4.39 Å². The zero-order chi connectivity index (χ0) is 18.0. The molecule has 0 saturated carbocycles. The number of rotatable bonds is 6. The smallest absolute Gasteiger partial charge is 0.173 e. The number of alkyl halides is 1. The molecule has 0 aliphatic carbocycles. The first-order valence-corrected chi connectivity index (χ1v) is 8.18. The van der Waals surface area contributed by atoms with Crippen molar-refractivity contribution in [3.63, 3.8) is 0 Å². The average Bonchev–Trinajstić information content (AvgIpc) is 3.13. The van der Waals surface area contributed by atoms with E-state index in [4.69, 9.17) is 10.5 Å². The van der Waals surface area contributed by atoms with Crippen molar-refractivity contribution < 1.29 is 14.2 Å². The first kappa shape index (κ1) is 17.9. The SMILES string of the molecule is Cc1ncnc2c1ncn2[C@@H]1O[C@H](CN(C)C/C=C/CN)[C@H](O)[C@H]1F. The van der Waals surface area contributed by atoms with E-state index in [1.165, 1.54) is 17.2 Å². The fourth-order valence-electron chi connectivity index (χ4n) is 2.97. The molecule has 1 aliphatic heterocycles. The minimum atomic E-state index is -1.56. The Bertz CT molecular complexity index is 751. The number of halogens is 1. The van der Waals surface area contributed by atoms with Gasteiger partial charge in [0.25, 0.3) is 0 Å². The molecular formula is C16H23FN6O2. The Morgan fingerprint density at radius 2 is 2.20 bits per heavy atom. The van der Waals surface area contributed by atoms with E-state index in [-0.39, 0.29) is 0 Å². The van der Waals surface area contributed by atoms with E-state index in [2.05, 4.69) is 15.0 Å². The summed E-state index contributed by atoms with van der Waals surface area (Å²) in [5, 5.41) is 10.2. The highest BCUT2D eigenvalue weighted by atomic mass is 19.1. The Morgan fingerprint density at radius 3 is 2.96 bits per heavy atom. The number of aliphatic hydroxyl groups is 1. The van der Waals surface area contributed by atoms with Gasteiger partial charge < -0.3 is 20.5 Å². The van der Waals surface area contributed by atoms with Crippen LogP contribution in [0.25, 0.3) is 11.2 Å². The van der Waals surface area contributed by atoms with E-state index in [0.717, 1.165) is 0 Å². The molecule has 9 heteroatoms. The highest BCUT2D eigenvalue weighted by molar-refractivity contribution is 5.72. The summed E-state index contributed by atoms with van der Waals surface area (Å²) in [5.41, 5.74) is 7.21. The third-order valence-electron chi connectivity index (χ3n) is 4.32. The number of likely N-dealkylation sites (N-methyl/N-ethyl adjacent to an activating group) is 1. The summed E-state index contributed by atoms with van der Waals surface area (Å²) in [6.45, 7) is 3.32. The van der Waals surface area contributed by atoms with Crippen molar-refractivity contribution >= 4 is 11.2 Å². The number of aromatic nitrogens is 4. The average molecular weight is 350 g/mol. The lowest BCUT2D eigenvalue weighted by atomic mass is 10.1. The molecule has 8 nitrogen and oxygen atoms in total. The molecule has 3 rings (SSSR count). The molecule has 0 aromatic carbocycles. The number of aryl methyl sites for hydroxylation is 1. The monoisotopic (exact) mass is 350 g/mol. The first-order valence-electron chi connectivity index (χ1n) is 8.18. The Labute approximate surface area is 145 Å². The van der Waals surface area contributed by atoms with Crippen molar-refractivity contribution in [2.24, 2.45) is 5.73 Å². The maximum absolute atomic E-state index is 14.7. The Balaban J connectivity index is 1.75. The van der Waals surface area contributed by atoms with Gasteiger partial charge in [-0.25, -0.2) is 19.3 Å². The van der Waals surface area contributed by atoms with Gasteiger partial charge in [-0.1, -0.05) is 12.2 Å². The number of fused-ring (bicyclic) bond motifs is 1. The topological polar surface area (TPSA) is 102 Å². The van der Waals surface area contributed by atoms with Gasteiger partial charge in [0.1, 0.15) is 24.1 Å². The Hall–Kier alpha value is -1.94. The molecule has 136 valence electrons. The van der Waals surface area contributed by atoms with E-state index in [9.17, 15) is 9.50 Å². The van der Waals surface area contributed by atoms with Crippen molar-refractivity contribution in [1.29, 1.82) is 0 Å². The number of hydrogen-bond acceptors (Lipinski definition) is 7. The molecular weight excluding hydrogens is 327 g/mol. The molecule has 1 saturated heterocycles. The van der Waals surface area contributed by atoms with Crippen LogP contribution in [0.5, 0.6) is 0 Å². The molecule has 0 radical (unpaired) electrons. The maximum Gasteiger partial charge on any atom is 0.173 e. The molecule has 25 heavy (non-hydrogen) atoms. The molecule has 0 bridgehead atoms. The number of nitrogens with zero attached hydrogens (tertiary/aromatic N) is 5. The summed E-state index contributed by atoms with van der Waals surface area (Å²) in [7, 11) is 1.88. The van der Waals surface area contributed by atoms with Crippen LogP contribution in [0.1, 0.15) is 11.9 Å². The second-order valence-electron chi connectivity index (χ2n) is 6.21. The molecule has 2 aromatic rings. The fourth-order valence-corrected chi connectivity index (χ4v) is 2.97. The predicted octanol–water partition coefficient (Wildman–Crippen LogP) is 0.178. The van der Waals surface area contributed by atoms with Crippen LogP contribution in [0.15, 0.2) is 24.8 Å². The van der Waals surface area contributed by atoms with E-state index in [0.29, 0.717) is 36.5 Å². The molecule has 3 heterocycles. The summed E-state index contributed by atoms with van der Waals surface area (Å²) in [6, 6.07) is 0. The van der Waals surface area contributed by atoms with Crippen LogP contribution in [0, 0.1) is 6.92 Å². The third-order valence-corrected chi connectivity index (χ3v) is 4.32. The number of nitrogens with two attached hydrogens (primary N) is 1. The highest BCUT2D eigenvalue weighted by Crippen LogP contribution is 2.34. The second kappa shape index (κ2) is 7.52. The van der Waals surface area contributed by atoms with E-state index in [1.54, 1.807) is 0 Å². The van der Waals surface area contributed by atoms with Crippen LogP contribution in [-0.4, -0.2) is 74.6 Å². The van der Waals surface area contributed by atoms with Crippen LogP contribution in [0.2, 0.25) is 0 Å². The minimum Gasteiger partial charge on any atom is -0.387 e. The van der Waals surface area contributed by atoms with Crippen molar-refractivity contribution in [3.8, 4) is 0 Å². The quantitative estimate of drug-likeness (QED) is 0.716. The van der Waals surface area contributed by atoms with Crippen LogP contribution in [0.3, 0.4) is 0 Å². The lowest BCUT2D eigenvalue weighted by Gasteiger charge is -2.21. The van der Waals surface area contributed by atoms with Crippen LogP contribution >= 0.6 is 0 Å². The number of hydrogen-bond donors (Lipinski definition) is 2. The highest BCUT2D eigenvalue weighted by Gasteiger charge is 2.45. The van der Waals surface area contributed by atoms with E-state index < -0.39 is 24.6 Å². The number of ether oxygens (including phenoxy) is 1.